The molecular weight excluding hydrogens is 220 g/mol. The number of rotatable bonds is 3. The number of nitrogens with zero attached hydrogens (tertiary/aromatic N) is 2. The van der Waals surface area contributed by atoms with Crippen molar-refractivity contribution in [2.24, 2.45) is 0 Å². The lowest BCUT2D eigenvalue weighted by Crippen LogP contribution is -2.37. The zero-order valence-corrected chi connectivity index (χ0v) is 9.82. The lowest BCUT2D eigenvalue weighted by Gasteiger charge is -2.26. The Labute approximate surface area is 99.1 Å². The number of nitrogens with two attached hydrogens (primary N) is 1. The largest absolute Gasteiger partial charge is 0.393 e. The fourth-order valence-electron chi connectivity index (χ4n) is 2.12. The van der Waals surface area contributed by atoms with Gasteiger partial charge in [-0.3, -0.25) is 14.3 Å². The van der Waals surface area contributed by atoms with Gasteiger partial charge in [0, 0.05) is 19.3 Å². The van der Waals surface area contributed by atoms with Gasteiger partial charge in [-0.2, -0.15) is 0 Å². The molecule has 1 fully saturated rings. The number of aromatic amines is 1. The van der Waals surface area contributed by atoms with Crippen molar-refractivity contribution in [1.29, 1.82) is 0 Å². The molecule has 0 bridgehead atoms. The lowest BCUT2D eigenvalue weighted by atomic mass is 10.1. The Morgan fingerprint density at radius 3 is 2.59 bits per heavy atom. The number of piperidine rings is 1. The summed E-state index contributed by atoms with van der Waals surface area (Å²) >= 11 is 0. The first-order valence-corrected chi connectivity index (χ1v) is 5.98. The fraction of sp³-hybridized carbons (Fsp3) is 0.636. The molecule has 94 valence electrons. The summed E-state index contributed by atoms with van der Waals surface area (Å²) in [5, 5.41) is 0. The molecule has 0 radical (unpaired) electrons. The van der Waals surface area contributed by atoms with E-state index in [1.54, 1.807) is 0 Å². The molecule has 0 amide bonds. The van der Waals surface area contributed by atoms with E-state index in [2.05, 4.69) is 9.88 Å². The van der Waals surface area contributed by atoms with Crippen LogP contribution < -0.4 is 17.0 Å². The van der Waals surface area contributed by atoms with Gasteiger partial charge in [0.2, 0.25) is 0 Å². The Kier molecular flexibility index (Phi) is 3.63. The molecule has 0 unspecified atom stereocenters. The minimum Gasteiger partial charge on any atom is -0.393 e. The van der Waals surface area contributed by atoms with E-state index < -0.39 is 5.56 Å². The quantitative estimate of drug-likeness (QED) is 0.750. The molecule has 1 aromatic rings. The van der Waals surface area contributed by atoms with Crippen LogP contribution in [0, 0.1) is 0 Å². The van der Waals surface area contributed by atoms with Gasteiger partial charge in [0.15, 0.2) is 0 Å². The maximum Gasteiger partial charge on any atom is 0.328 e. The number of hydrogen-bond acceptors (Lipinski definition) is 4. The topological polar surface area (TPSA) is 84.1 Å². The van der Waals surface area contributed by atoms with Gasteiger partial charge in [0.1, 0.15) is 5.69 Å². The zero-order chi connectivity index (χ0) is 12.3. The second kappa shape index (κ2) is 5.18. The minimum atomic E-state index is -0.510. The third-order valence-corrected chi connectivity index (χ3v) is 3.14. The molecule has 2 rings (SSSR count). The number of H-pyrrole nitrogens is 1. The van der Waals surface area contributed by atoms with Crippen LogP contribution in [0.4, 0.5) is 5.69 Å². The van der Waals surface area contributed by atoms with Gasteiger partial charge in [0.25, 0.3) is 5.56 Å². The van der Waals surface area contributed by atoms with Gasteiger partial charge in [-0.15, -0.1) is 0 Å². The zero-order valence-electron chi connectivity index (χ0n) is 9.82. The average Bonchev–Trinajstić information content (AvgIpc) is 2.33. The number of anilines is 1. The molecule has 6 heteroatoms. The number of likely N-dealkylation sites (tertiary alicyclic amines) is 1. The van der Waals surface area contributed by atoms with E-state index >= 15 is 0 Å². The standard InChI is InChI=1S/C11H18N4O2/c12-9-8-15(11(17)13-10(9)16)7-6-14-4-2-1-3-5-14/h8H,1-7,12H2,(H,13,16,17). The average molecular weight is 238 g/mol. The number of nitrogens with one attached hydrogen (secondary N) is 1. The van der Waals surface area contributed by atoms with E-state index in [0.717, 1.165) is 19.6 Å². The van der Waals surface area contributed by atoms with E-state index in [0.29, 0.717) is 6.54 Å². The molecule has 3 N–H and O–H groups in total. The maximum atomic E-state index is 11.5. The Bertz CT molecular complexity index is 485. The van der Waals surface area contributed by atoms with Crippen molar-refractivity contribution in [2.75, 3.05) is 25.4 Å². The predicted octanol–water partition coefficient (Wildman–Crippen LogP) is -0.395. The van der Waals surface area contributed by atoms with Gasteiger partial charge in [0.05, 0.1) is 0 Å². The first kappa shape index (κ1) is 11.9. The van der Waals surface area contributed by atoms with Crippen molar-refractivity contribution in [3.63, 3.8) is 0 Å². The highest BCUT2D eigenvalue weighted by atomic mass is 16.2. The predicted molar refractivity (Wildman–Crippen MR) is 66.0 cm³/mol. The van der Waals surface area contributed by atoms with Crippen LogP contribution in [-0.4, -0.2) is 34.1 Å². The van der Waals surface area contributed by atoms with E-state index in [4.69, 9.17) is 5.73 Å². The summed E-state index contributed by atoms with van der Waals surface area (Å²) in [6, 6.07) is 0. The van der Waals surface area contributed by atoms with Crippen molar-refractivity contribution in [3.8, 4) is 0 Å². The molecule has 1 aromatic heterocycles. The summed E-state index contributed by atoms with van der Waals surface area (Å²) in [6.07, 6.45) is 5.17. The third kappa shape index (κ3) is 2.97. The smallest absolute Gasteiger partial charge is 0.328 e. The third-order valence-electron chi connectivity index (χ3n) is 3.14. The molecule has 2 heterocycles. The molecule has 0 spiro atoms. The van der Waals surface area contributed by atoms with Gasteiger partial charge in [-0.1, -0.05) is 6.42 Å². The summed E-state index contributed by atoms with van der Waals surface area (Å²) in [5.41, 5.74) is 4.67. The monoisotopic (exact) mass is 238 g/mol. The van der Waals surface area contributed by atoms with Crippen molar-refractivity contribution >= 4 is 5.69 Å². The van der Waals surface area contributed by atoms with Gasteiger partial charge in [-0.25, -0.2) is 4.79 Å². The first-order chi connectivity index (χ1) is 8.16. The molecule has 6 nitrogen and oxygen atoms in total. The number of aromatic nitrogens is 2. The Morgan fingerprint density at radius 2 is 1.88 bits per heavy atom. The van der Waals surface area contributed by atoms with Crippen LogP contribution in [0.3, 0.4) is 0 Å². The van der Waals surface area contributed by atoms with Crippen molar-refractivity contribution < 1.29 is 0 Å². The van der Waals surface area contributed by atoms with E-state index in [1.807, 2.05) is 0 Å². The fourth-order valence-corrected chi connectivity index (χ4v) is 2.12. The molecule has 17 heavy (non-hydrogen) atoms. The van der Waals surface area contributed by atoms with Crippen LogP contribution in [0.2, 0.25) is 0 Å². The molecule has 1 saturated heterocycles. The SMILES string of the molecule is Nc1cn(CCN2CCCCC2)c(=O)[nH]c1=O. The Hall–Kier alpha value is -1.56. The summed E-state index contributed by atoms with van der Waals surface area (Å²) < 4.78 is 1.46. The Balaban J connectivity index is 2.01. The molecule has 0 aliphatic carbocycles. The van der Waals surface area contributed by atoms with Crippen molar-refractivity contribution in [1.82, 2.24) is 14.5 Å². The second-order valence-electron chi connectivity index (χ2n) is 4.44. The highest BCUT2D eigenvalue weighted by molar-refractivity contribution is 5.30. The van der Waals surface area contributed by atoms with E-state index in [-0.39, 0.29) is 11.4 Å². The molecular formula is C11H18N4O2. The van der Waals surface area contributed by atoms with E-state index in [1.165, 1.54) is 30.0 Å². The molecule has 1 aliphatic heterocycles. The number of hydrogen-bond donors (Lipinski definition) is 2. The Morgan fingerprint density at radius 1 is 1.18 bits per heavy atom. The molecule has 0 atom stereocenters. The summed E-state index contributed by atoms with van der Waals surface area (Å²) in [4.78, 5) is 27.1. The highest BCUT2D eigenvalue weighted by Gasteiger charge is 2.10. The lowest BCUT2D eigenvalue weighted by molar-refractivity contribution is 0.219. The first-order valence-electron chi connectivity index (χ1n) is 5.98. The van der Waals surface area contributed by atoms with Crippen LogP contribution in [0.5, 0.6) is 0 Å². The van der Waals surface area contributed by atoms with Crippen molar-refractivity contribution in [3.05, 3.63) is 27.0 Å². The normalized spacial score (nSPS) is 17.2. The summed E-state index contributed by atoms with van der Waals surface area (Å²) in [7, 11) is 0. The van der Waals surface area contributed by atoms with Crippen LogP contribution >= 0.6 is 0 Å². The van der Waals surface area contributed by atoms with Gasteiger partial charge >= 0.3 is 5.69 Å². The second-order valence-corrected chi connectivity index (χ2v) is 4.44. The van der Waals surface area contributed by atoms with Crippen LogP contribution in [0.1, 0.15) is 19.3 Å². The summed E-state index contributed by atoms with van der Waals surface area (Å²) in [6.45, 7) is 3.58. The maximum absolute atomic E-state index is 11.5. The van der Waals surface area contributed by atoms with Crippen molar-refractivity contribution in [2.45, 2.75) is 25.8 Å². The van der Waals surface area contributed by atoms with Crippen LogP contribution in [0.25, 0.3) is 0 Å². The number of nitrogen functional groups attached to an aromatic ring is 1. The minimum absolute atomic E-state index is 0.0863. The van der Waals surface area contributed by atoms with Gasteiger partial charge < -0.3 is 10.6 Å². The highest BCUT2D eigenvalue weighted by Crippen LogP contribution is 2.07. The molecule has 0 saturated carbocycles. The summed E-state index contributed by atoms with van der Waals surface area (Å²) in [5.74, 6) is 0. The van der Waals surface area contributed by atoms with Gasteiger partial charge in [-0.05, 0) is 25.9 Å². The van der Waals surface area contributed by atoms with E-state index in [9.17, 15) is 9.59 Å². The van der Waals surface area contributed by atoms with Crippen LogP contribution in [0.15, 0.2) is 15.8 Å². The molecule has 1 aliphatic rings. The van der Waals surface area contributed by atoms with Crippen LogP contribution in [-0.2, 0) is 6.54 Å². The molecule has 0 aromatic carbocycles.